The molecule has 0 amide bonds. The van der Waals surface area contributed by atoms with E-state index in [2.05, 4.69) is 37.3 Å². The average molecular weight is 375 g/mol. The Bertz CT molecular complexity index is 938. The molecule has 28 heavy (non-hydrogen) atoms. The lowest BCUT2D eigenvalue weighted by molar-refractivity contribution is -0.138. The van der Waals surface area contributed by atoms with Gasteiger partial charge in [0.25, 0.3) is 0 Å². The highest BCUT2D eigenvalue weighted by Crippen LogP contribution is 2.26. The fourth-order valence-corrected chi connectivity index (χ4v) is 3.26. The topological polar surface area (TPSA) is 49.8 Å². The third kappa shape index (κ3) is 5.21. The van der Waals surface area contributed by atoms with Crippen LogP contribution in [0.15, 0.2) is 72.8 Å². The first-order chi connectivity index (χ1) is 13.5. The molecule has 0 atom stereocenters. The molecule has 3 aromatic rings. The highest BCUT2D eigenvalue weighted by atomic mass is 16.5. The lowest BCUT2D eigenvalue weighted by atomic mass is 9.97. The van der Waals surface area contributed by atoms with Crippen LogP contribution in [0.4, 0.5) is 0 Å². The summed E-state index contributed by atoms with van der Waals surface area (Å²) in [5, 5.41) is 8.89. The summed E-state index contributed by atoms with van der Waals surface area (Å²) >= 11 is 0. The molecule has 3 rings (SSSR count). The van der Waals surface area contributed by atoms with Crippen LogP contribution >= 0.6 is 0 Å². The van der Waals surface area contributed by atoms with Crippen LogP contribution in [0.3, 0.4) is 0 Å². The van der Waals surface area contributed by atoms with Crippen molar-refractivity contribution in [2.24, 2.45) is 0 Å². The average Bonchev–Trinajstić information content (AvgIpc) is 2.67. The molecule has 0 saturated carbocycles. The van der Waals surface area contributed by atoms with Crippen LogP contribution in [-0.4, -0.2) is 29.6 Å². The molecule has 0 fully saturated rings. The number of nitrogens with zero attached hydrogens (tertiary/aromatic N) is 1. The van der Waals surface area contributed by atoms with Crippen LogP contribution in [0.1, 0.15) is 16.7 Å². The Morgan fingerprint density at radius 2 is 1.75 bits per heavy atom. The molecule has 0 aromatic heterocycles. The van der Waals surface area contributed by atoms with Crippen LogP contribution in [0.25, 0.3) is 11.1 Å². The number of aliphatic carboxylic acids is 1. The second kappa shape index (κ2) is 9.20. The van der Waals surface area contributed by atoms with Gasteiger partial charge >= 0.3 is 5.97 Å². The zero-order valence-electron chi connectivity index (χ0n) is 16.3. The third-order valence-corrected chi connectivity index (χ3v) is 4.68. The second-order valence-corrected chi connectivity index (χ2v) is 6.96. The van der Waals surface area contributed by atoms with Crippen molar-refractivity contribution in [3.8, 4) is 16.9 Å². The first-order valence-corrected chi connectivity index (χ1v) is 9.29. The smallest absolute Gasteiger partial charge is 0.317 e. The molecule has 1 N–H and O–H groups in total. The van der Waals surface area contributed by atoms with Gasteiger partial charge in [-0.2, -0.15) is 0 Å². The summed E-state index contributed by atoms with van der Waals surface area (Å²) in [5.74, 6) is -0.0468. The molecular formula is C24H25NO3. The number of likely N-dealkylation sites (N-methyl/N-ethyl adjacent to an activating group) is 1. The van der Waals surface area contributed by atoms with Gasteiger partial charge in [0.1, 0.15) is 12.4 Å². The summed E-state index contributed by atoms with van der Waals surface area (Å²) < 4.78 is 6.03. The van der Waals surface area contributed by atoms with Gasteiger partial charge in [-0.25, -0.2) is 0 Å². The Morgan fingerprint density at radius 3 is 2.50 bits per heavy atom. The van der Waals surface area contributed by atoms with E-state index in [4.69, 9.17) is 9.84 Å². The number of carboxylic acid groups (broad SMARTS) is 1. The summed E-state index contributed by atoms with van der Waals surface area (Å²) in [6, 6.07) is 24.4. The summed E-state index contributed by atoms with van der Waals surface area (Å²) in [7, 11) is 1.79. The van der Waals surface area contributed by atoms with Gasteiger partial charge < -0.3 is 9.84 Å². The number of ether oxygens (including phenoxy) is 1. The number of benzene rings is 3. The first kappa shape index (κ1) is 19.6. The third-order valence-electron chi connectivity index (χ3n) is 4.68. The largest absolute Gasteiger partial charge is 0.489 e. The molecule has 0 spiro atoms. The van der Waals surface area contributed by atoms with Gasteiger partial charge in [-0.1, -0.05) is 60.7 Å². The van der Waals surface area contributed by atoms with E-state index in [1.54, 1.807) is 11.9 Å². The van der Waals surface area contributed by atoms with E-state index in [1.807, 2.05) is 42.5 Å². The Labute approximate surface area is 166 Å². The number of rotatable bonds is 8. The molecule has 0 heterocycles. The Kier molecular flexibility index (Phi) is 6.45. The molecule has 0 aliphatic heterocycles. The van der Waals surface area contributed by atoms with Crippen LogP contribution in [0.5, 0.6) is 5.75 Å². The van der Waals surface area contributed by atoms with Crippen LogP contribution in [0.2, 0.25) is 0 Å². The fourth-order valence-electron chi connectivity index (χ4n) is 3.26. The Hall–Kier alpha value is -3.11. The summed E-state index contributed by atoms with van der Waals surface area (Å²) in [6.45, 7) is 3.18. The van der Waals surface area contributed by atoms with Gasteiger partial charge in [0.15, 0.2) is 0 Å². The molecule has 0 aliphatic rings. The summed E-state index contributed by atoms with van der Waals surface area (Å²) in [4.78, 5) is 12.6. The van der Waals surface area contributed by atoms with E-state index in [1.165, 1.54) is 16.7 Å². The van der Waals surface area contributed by atoms with E-state index in [9.17, 15) is 4.79 Å². The molecule has 3 aromatic carbocycles. The quantitative estimate of drug-likeness (QED) is 0.617. The number of hydrogen-bond donors (Lipinski definition) is 1. The van der Waals surface area contributed by atoms with Gasteiger partial charge in [0.05, 0.1) is 6.54 Å². The SMILES string of the molecule is Cc1c(COc2cccc(CN(C)CC(=O)O)c2)cccc1-c1ccccc1. The van der Waals surface area contributed by atoms with Crippen molar-refractivity contribution >= 4 is 5.97 Å². The minimum absolute atomic E-state index is 0.0105. The van der Waals surface area contributed by atoms with Gasteiger partial charge in [-0.05, 0) is 53.9 Å². The summed E-state index contributed by atoms with van der Waals surface area (Å²) in [5.41, 5.74) is 5.80. The molecule has 4 nitrogen and oxygen atoms in total. The number of carboxylic acids is 1. The second-order valence-electron chi connectivity index (χ2n) is 6.96. The molecule has 0 unspecified atom stereocenters. The number of hydrogen-bond acceptors (Lipinski definition) is 3. The molecule has 0 aliphatic carbocycles. The standard InChI is InChI=1S/C24H25NO3/c1-18-21(11-7-13-23(18)20-9-4-3-5-10-20)17-28-22-12-6-8-19(14-22)15-25(2)16-24(26)27/h3-14H,15-17H2,1-2H3,(H,26,27). The molecular weight excluding hydrogens is 350 g/mol. The van der Waals surface area contributed by atoms with E-state index in [0.717, 1.165) is 16.9 Å². The van der Waals surface area contributed by atoms with Crippen molar-refractivity contribution in [1.29, 1.82) is 0 Å². The Balaban J connectivity index is 1.69. The predicted molar refractivity (Wildman–Crippen MR) is 111 cm³/mol. The Morgan fingerprint density at radius 1 is 1.00 bits per heavy atom. The zero-order valence-corrected chi connectivity index (χ0v) is 16.3. The van der Waals surface area contributed by atoms with E-state index in [0.29, 0.717) is 13.2 Å². The van der Waals surface area contributed by atoms with Gasteiger partial charge in [-0.3, -0.25) is 9.69 Å². The summed E-state index contributed by atoms with van der Waals surface area (Å²) in [6.07, 6.45) is 0. The minimum Gasteiger partial charge on any atom is -0.489 e. The first-order valence-electron chi connectivity index (χ1n) is 9.29. The fraction of sp³-hybridized carbons (Fsp3) is 0.208. The molecule has 0 bridgehead atoms. The van der Waals surface area contributed by atoms with Crippen LogP contribution < -0.4 is 4.74 Å². The lowest BCUT2D eigenvalue weighted by Gasteiger charge is -2.16. The highest BCUT2D eigenvalue weighted by molar-refractivity contribution is 5.69. The lowest BCUT2D eigenvalue weighted by Crippen LogP contribution is -2.25. The molecule has 0 saturated heterocycles. The van der Waals surface area contributed by atoms with Crippen LogP contribution in [0, 0.1) is 6.92 Å². The van der Waals surface area contributed by atoms with Crippen molar-refractivity contribution in [1.82, 2.24) is 4.90 Å². The molecule has 0 radical (unpaired) electrons. The van der Waals surface area contributed by atoms with Gasteiger partial charge in [-0.15, -0.1) is 0 Å². The normalized spacial score (nSPS) is 10.8. The van der Waals surface area contributed by atoms with Gasteiger partial charge in [0.2, 0.25) is 0 Å². The van der Waals surface area contributed by atoms with Crippen molar-refractivity contribution in [2.75, 3.05) is 13.6 Å². The van der Waals surface area contributed by atoms with Crippen molar-refractivity contribution in [3.05, 3.63) is 89.5 Å². The van der Waals surface area contributed by atoms with Crippen molar-refractivity contribution in [2.45, 2.75) is 20.1 Å². The van der Waals surface area contributed by atoms with E-state index in [-0.39, 0.29) is 6.54 Å². The maximum Gasteiger partial charge on any atom is 0.317 e. The maximum atomic E-state index is 10.8. The highest BCUT2D eigenvalue weighted by Gasteiger charge is 2.08. The predicted octanol–water partition coefficient (Wildman–Crippen LogP) is 4.76. The van der Waals surface area contributed by atoms with Crippen molar-refractivity contribution in [3.63, 3.8) is 0 Å². The maximum absolute atomic E-state index is 10.8. The minimum atomic E-state index is -0.830. The van der Waals surface area contributed by atoms with E-state index >= 15 is 0 Å². The number of carbonyl (C=O) groups is 1. The zero-order chi connectivity index (χ0) is 19.9. The molecule has 144 valence electrons. The van der Waals surface area contributed by atoms with Gasteiger partial charge in [0, 0.05) is 6.54 Å². The van der Waals surface area contributed by atoms with E-state index < -0.39 is 5.97 Å². The monoisotopic (exact) mass is 375 g/mol. The van der Waals surface area contributed by atoms with Crippen molar-refractivity contribution < 1.29 is 14.6 Å². The van der Waals surface area contributed by atoms with Crippen LogP contribution in [-0.2, 0) is 17.9 Å². The molecule has 4 heteroatoms.